The molecule has 3 aromatic rings. The fraction of sp³-hybridized carbons (Fsp3) is 0.143. The lowest BCUT2D eigenvalue weighted by Gasteiger charge is -2.05. The largest absolute Gasteiger partial charge is 0.398 e. The summed E-state index contributed by atoms with van der Waals surface area (Å²) in [5.41, 5.74) is 11.4. The zero-order chi connectivity index (χ0) is 12.2. The fourth-order valence-electron chi connectivity index (χ4n) is 2.41. The van der Waals surface area contributed by atoms with Crippen LogP contribution in [0.15, 0.2) is 24.3 Å². The number of hydrogen-bond donors (Lipinski definition) is 2. The summed E-state index contributed by atoms with van der Waals surface area (Å²) in [4.78, 5) is 3.43. The predicted molar refractivity (Wildman–Crippen MR) is 74.7 cm³/mol. The van der Waals surface area contributed by atoms with Crippen LogP contribution in [0.2, 0.25) is 5.02 Å². The Morgan fingerprint density at radius 2 is 1.94 bits per heavy atom. The van der Waals surface area contributed by atoms with Crippen molar-refractivity contribution in [3.8, 4) is 0 Å². The lowest BCUT2D eigenvalue weighted by Crippen LogP contribution is -1.91. The van der Waals surface area contributed by atoms with E-state index in [9.17, 15) is 0 Å². The first kappa shape index (κ1) is 10.5. The van der Waals surface area contributed by atoms with E-state index in [2.05, 4.69) is 11.9 Å². The Balaban J connectivity index is 2.63. The van der Waals surface area contributed by atoms with Crippen LogP contribution in [0.25, 0.3) is 21.8 Å². The maximum Gasteiger partial charge on any atom is 0.0498 e. The maximum atomic E-state index is 6.06. The molecule has 0 atom stereocenters. The van der Waals surface area contributed by atoms with E-state index in [-0.39, 0.29) is 0 Å². The zero-order valence-corrected chi connectivity index (χ0v) is 10.5. The van der Waals surface area contributed by atoms with Crippen LogP contribution in [0.4, 0.5) is 5.69 Å². The quantitative estimate of drug-likeness (QED) is 0.573. The highest BCUT2D eigenvalue weighted by molar-refractivity contribution is 6.32. The van der Waals surface area contributed by atoms with E-state index < -0.39 is 0 Å². The van der Waals surface area contributed by atoms with Crippen LogP contribution in [-0.4, -0.2) is 4.98 Å². The first-order valence-electron chi connectivity index (χ1n) is 5.54. The Bertz CT molecular complexity index is 741. The van der Waals surface area contributed by atoms with Gasteiger partial charge in [0.15, 0.2) is 0 Å². The molecule has 0 aliphatic carbocycles. The maximum absolute atomic E-state index is 6.06. The highest BCUT2D eigenvalue weighted by Gasteiger charge is 2.11. The number of aromatic amines is 1. The van der Waals surface area contributed by atoms with E-state index in [1.807, 2.05) is 31.2 Å². The number of hydrogen-bond acceptors (Lipinski definition) is 1. The lowest BCUT2D eigenvalue weighted by molar-refractivity contribution is 1.42. The average molecular weight is 245 g/mol. The molecular weight excluding hydrogens is 232 g/mol. The van der Waals surface area contributed by atoms with Crippen LogP contribution >= 0.6 is 11.6 Å². The first-order chi connectivity index (χ1) is 8.08. The number of fused-ring (bicyclic) bond motifs is 3. The van der Waals surface area contributed by atoms with Gasteiger partial charge in [0.05, 0.1) is 0 Å². The molecule has 0 fully saturated rings. The third-order valence-corrected chi connectivity index (χ3v) is 3.57. The summed E-state index contributed by atoms with van der Waals surface area (Å²) in [5, 5.41) is 3.07. The van der Waals surface area contributed by atoms with Crippen LogP contribution in [0.5, 0.6) is 0 Å². The lowest BCUT2D eigenvalue weighted by atomic mass is 10.0. The molecule has 2 aromatic carbocycles. The molecular formula is C14H13ClN2. The number of rotatable bonds is 0. The molecule has 3 rings (SSSR count). The normalized spacial score (nSPS) is 11.5. The van der Waals surface area contributed by atoms with E-state index in [1.54, 1.807) is 0 Å². The number of anilines is 1. The van der Waals surface area contributed by atoms with Gasteiger partial charge in [0.2, 0.25) is 0 Å². The Labute approximate surface area is 104 Å². The summed E-state index contributed by atoms with van der Waals surface area (Å²) in [6, 6.07) is 7.90. The topological polar surface area (TPSA) is 41.8 Å². The number of aromatic nitrogens is 1. The summed E-state index contributed by atoms with van der Waals surface area (Å²) in [6.07, 6.45) is 0. The molecule has 0 amide bonds. The van der Waals surface area contributed by atoms with Gasteiger partial charge in [-0.3, -0.25) is 0 Å². The highest BCUT2D eigenvalue weighted by Crippen LogP contribution is 2.34. The van der Waals surface area contributed by atoms with Crippen LogP contribution < -0.4 is 5.73 Å². The molecule has 0 radical (unpaired) electrons. The molecule has 1 heterocycles. The van der Waals surface area contributed by atoms with Crippen LogP contribution in [0, 0.1) is 13.8 Å². The van der Waals surface area contributed by atoms with Crippen molar-refractivity contribution in [2.45, 2.75) is 13.8 Å². The van der Waals surface area contributed by atoms with E-state index in [1.165, 1.54) is 5.39 Å². The molecule has 0 unspecified atom stereocenters. The Hall–Kier alpha value is -1.67. The molecule has 3 heteroatoms. The second-order valence-corrected chi connectivity index (χ2v) is 4.91. The van der Waals surface area contributed by atoms with Gasteiger partial charge in [0, 0.05) is 32.5 Å². The van der Waals surface area contributed by atoms with Gasteiger partial charge in [-0.2, -0.15) is 0 Å². The molecule has 0 saturated carbocycles. The molecule has 1 aromatic heterocycles. The van der Waals surface area contributed by atoms with Crippen molar-refractivity contribution in [2.75, 3.05) is 5.73 Å². The van der Waals surface area contributed by atoms with Gasteiger partial charge >= 0.3 is 0 Å². The zero-order valence-electron chi connectivity index (χ0n) is 9.76. The molecule has 0 bridgehead atoms. The number of H-pyrrole nitrogens is 1. The van der Waals surface area contributed by atoms with Crippen molar-refractivity contribution in [3.63, 3.8) is 0 Å². The van der Waals surface area contributed by atoms with Crippen LogP contribution in [0.3, 0.4) is 0 Å². The monoisotopic (exact) mass is 244 g/mol. The van der Waals surface area contributed by atoms with Gasteiger partial charge in [-0.15, -0.1) is 0 Å². The first-order valence-corrected chi connectivity index (χ1v) is 5.92. The standard InChI is InChI=1S/C14H13ClN2/c1-7-5-11(16)8(2)13-10-6-9(15)3-4-12(10)17-14(7)13/h3-6,17H,16H2,1-2H3. The van der Waals surface area contributed by atoms with Gasteiger partial charge in [-0.1, -0.05) is 11.6 Å². The SMILES string of the molecule is Cc1cc(N)c(C)c2c1[nH]c1ccc(Cl)cc12. The van der Waals surface area contributed by atoms with Gasteiger partial charge in [-0.25, -0.2) is 0 Å². The molecule has 0 saturated heterocycles. The summed E-state index contributed by atoms with van der Waals surface area (Å²) >= 11 is 6.06. The number of nitrogens with one attached hydrogen (secondary N) is 1. The Morgan fingerprint density at radius 1 is 1.18 bits per heavy atom. The number of nitrogens with two attached hydrogens (primary N) is 1. The minimum Gasteiger partial charge on any atom is -0.398 e. The Kier molecular flexibility index (Phi) is 2.10. The molecule has 0 aliphatic rings. The van der Waals surface area contributed by atoms with E-state index in [4.69, 9.17) is 17.3 Å². The van der Waals surface area contributed by atoms with E-state index >= 15 is 0 Å². The molecule has 86 valence electrons. The number of halogens is 1. The second kappa shape index (κ2) is 3.41. The van der Waals surface area contributed by atoms with Crippen LogP contribution in [0.1, 0.15) is 11.1 Å². The molecule has 0 spiro atoms. The second-order valence-electron chi connectivity index (χ2n) is 4.47. The summed E-state index contributed by atoms with van der Waals surface area (Å²) < 4.78 is 0. The van der Waals surface area contributed by atoms with Gasteiger partial charge < -0.3 is 10.7 Å². The Morgan fingerprint density at radius 3 is 2.71 bits per heavy atom. The van der Waals surface area contributed by atoms with Crippen LogP contribution in [-0.2, 0) is 0 Å². The van der Waals surface area contributed by atoms with E-state index in [0.29, 0.717) is 0 Å². The predicted octanol–water partition coefficient (Wildman–Crippen LogP) is 4.17. The number of benzene rings is 2. The molecule has 17 heavy (non-hydrogen) atoms. The van der Waals surface area contributed by atoms with Crippen molar-refractivity contribution in [1.29, 1.82) is 0 Å². The van der Waals surface area contributed by atoms with Crippen molar-refractivity contribution in [1.82, 2.24) is 4.98 Å². The van der Waals surface area contributed by atoms with Crippen molar-refractivity contribution in [3.05, 3.63) is 40.4 Å². The van der Waals surface area contributed by atoms with Crippen molar-refractivity contribution in [2.24, 2.45) is 0 Å². The van der Waals surface area contributed by atoms with Gasteiger partial charge in [0.1, 0.15) is 0 Å². The number of nitrogen functional groups attached to an aromatic ring is 1. The smallest absolute Gasteiger partial charge is 0.0498 e. The molecule has 3 N–H and O–H groups in total. The van der Waals surface area contributed by atoms with Crippen molar-refractivity contribution < 1.29 is 0 Å². The fourth-order valence-corrected chi connectivity index (χ4v) is 2.58. The van der Waals surface area contributed by atoms with Gasteiger partial charge in [-0.05, 0) is 49.2 Å². The average Bonchev–Trinajstić information content (AvgIpc) is 2.65. The summed E-state index contributed by atoms with van der Waals surface area (Å²) in [6.45, 7) is 4.11. The molecule has 0 aliphatic heterocycles. The summed E-state index contributed by atoms with van der Waals surface area (Å²) in [7, 11) is 0. The highest BCUT2D eigenvalue weighted by atomic mass is 35.5. The van der Waals surface area contributed by atoms with Crippen molar-refractivity contribution >= 4 is 39.1 Å². The minimum absolute atomic E-state index is 0.748. The molecule has 2 nitrogen and oxygen atoms in total. The number of aryl methyl sites for hydroxylation is 2. The van der Waals surface area contributed by atoms with Gasteiger partial charge in [0.25, 0.3) is 0 Å². The summed E-state index contributed by atoms with van der Waals surface area (Å²) in [5.74, 6) is 0. The minimum atomic E-state index is 0.748. The third kappa shape index (κ3) is 1.41. The van der Waals surface area contributed by atoms with E-state index in [0.717, 1.165) is 38.3 Å². The third-order valence-electron chi connectivity index (χ3n) is 3.33.